The highest BCUT2D eigenvalue weighted by Gasteiger charge is 2.03. The minimum absolute atomic E-state index is 1.13. The summed E-state index contributed by atoms with van der Waals surface area (Å²) in [6.45, 7) is 2.07. The third kappa shape index (κ3) is 1.96. The molecule has 15 heavy (non-hydrogen) atoms. The van der Waals surface area contributed by atoms with Crippen LogP contribution in [0.5, 0.6) is 0 Å². The molecule has 0 bridgehead atoms. The molecule has 0 spiro atoms. The zero-order valence-electron chi connectivity index (χ0n) is 9.40. The van der Waals surface area contributed by atoms with Crippen molar-refractivity contribution in [2.45, 2.75) is 19.8 Å². The van der Waals surface area contributed by atoms with Crippen molar-refractivity contribution in [1.82, 2.24) is 4.57 Å². The molecule has 78 valence electrons. The number of fused-ring (bicyclic) bond motifs is 1. The van der Waals surface area contributed by atoms with Gasteiger partial charge in [-0.05, 0) is 31.4 Å². The number of aryl methyl sites for hydroxylation is 2. The van der Waals surface area contributed by atoms with Gasteiger partial charge in [0.15, 0.2) is 0 Å². The molecule has 1 heteroatoms. The van der Waals surface area contributed by atoms with Gasteiger partial charge in [0, 0.05) is 24.1 Å². The largest absolute Gasteiger partial charge is 0.350 e. The van der Waals surface area contributed by atoms with Crippen LogP contribution in [-0.4, -0.2) is 4.57 Å². The van der Waals surface area contributed by atoms with E-state index >= 15 is 0 Å². The van der Waals surface area contributed by atoms with Gasteiger partial charge in [-0.25, -0.2) is 0 Å². The van der Waals surface area contributed by atoms with Crippen LogP contribution in [0.3, 0.4) is 0 Å². The molecule has 0 aliphatic rings. The van der Waals surface area contributed by atoms with Crippen molar-refractivity contribution in [2.75, 3.05) is 0 Å². The Hall–Kier alpha value is -1.50. The van der Waals surface area contributed by atoms with Gasteiger partial charge in [0.1, 0.15) is 0 Å². The van der Waals surface area contributed by atoms with E-state index in [1.807, 2.05) is 0 Å². The molecule has 0 unspecified atom stereocenters. The normalized spacial score (nSPS) is 11.6. The average molecular weight is 199 g/mol. The second-order valence-electron chi connectivity index (χ2n) is 3.89. The van der Waals surface area contributed by atoms with Crippen molar-refractivity contribution < 1.29 is 0 Å². The number of nitrogens with zero attached hydrogens (tertiary/aromatic N) is 1. The summed E-state index contributed by atoms with van der Waals surface area (Å²) < 4.78 is 2.21. The Labute approximate surface area is 91.0 Å². The summed E-state index contributed by atoms with van der Waals surface area (Å²) in [5.74, 6) is 0. The summed E-state index contributed by atoms with van der Waals surface area (Å²) in [6, 6.07) is 8.59. The molecule has 2 rings (SSSR count). The molecule has 0 radical (unpaired) electrons. The zero-order chi connectivity index (χ0) is 10.7. The molecule has 2 aromatic rings. The van der Waals surface area contributed by atoms with Crippen molar-refractivity contribution >= 4 is 10.9 Å². The van der Waals surface area contributed by atoms with Gasteiger partial charge in [0.05, 0.1) is 0 Å². The lowest BCUT2D eigenvalue weighted by molar-refractivity contribution is 0.937. The predicted molar refractivity (Wildman–Crippen MR) is 66.1 cm³/mol. The summed E-state index contributed by atoms with van der Waals surface area (Å²) in [6.07, 6.45) is 8.84. The molecule has 1 nitrogen and oxygen atoms in total. The predicted octanol–water partition coefficient (Wildman–Crippen LogP) is 3.69. The number of benzene rings is 1. The Morgan fingerprint density at radius 2 is 2.07 bits per heavy atom. The molecule has 0 amide bonds. The fraction of sp³-hybridized carbons (Fsp3) is 0.286. The molecule has 0 N–H and O–H groups in total. The number of para-hydroxylation sites is 1. The highest BCUT2D eigenvalue weighted by atomic mass is 14.9. The van der Waals surface area contributed by atoms with Crippen LogP contribution < -0.4 is 0 Å². The maximum absolute atomic E-state index is 2.24. The number of hydrogen-bond donors (Lipinski definition) is 0. The van der Waals surface area contributed by atoms with Gasteiger partial charge >= 0.3 is 0 Å². The van der Waals surface area contributed by atoms with Crippen molar-refractivity contribution in [1.29, 1.82) is 0 Å². The van der Waals surface area contributed by atoms with E-state index < -0.39 is 0 Å². The van der Waals surface area contributed by atoms with Crippen LogP contribution in [0.2, 0.25) is 0 Å². The first-order valence-electron chi connectivity index (χ1n) is 5.47. The third-order valence-corrected chi connectivity index (χ3v) is 2.80. The highest BCUT2D eigenvalue weighted by molar-refractivity contribution is 5.83. The Morgan fingerprint density at radius 3 is 2.87 bits per heavy atom. The summed E-state index contributed by atoms with van der Waals surface area (Å²) in [4.78, 5) is 0. The summed E-state index contributed by atoms with van der Waals surface area (Å²) >= 11 is 0. The lowest BCUT2D eigenvalue weighted by Crippen LogP contribution is -1.82. The van der Waals surface area contributed by atoms with Gasteiger partial charge in [-0.1, -0.05) is 30.4 Å². The van der Waals surface area contributed by atoms with Gasteiger partial charge in [-0.3, -0.25) is 0 Å². The van der Waals surface area contributed by atoms with Crippen LogP contribution >= 0.6 is 0 Å². The molecule has 0 fully saturated rings. The first-order chi connectivity index (χ1) is 7.33. The van der Waals surface area contributed by atoms with Crippen molar-refractivity contribution in [3.63, 3.8) is 0 Å². The Kier molecular flexibility index (Phi) is 2.91. The standard InChI is InChI=1S/C14H17N/c1-3-4-5-8-12-11-15(2)14-10-7-6-9-13(12)14/h3-4,6-7,9-11H,5,8H2,1-2H3. The van der Waals surface area contributed by atoms with E-state index in [4.69, 9.17) is 0 Å². The lowest BCUT2D eigenvalue weighted by atomic mass is 10.1. The Bertz CT molecular complexity index is 477. The van der Waals surface area contributed by atoms with Gasteiger partial charge < -0.3 is 4.57 Å². The second-order valence-corrected chi connectivity index (χ2v) is 3.89. The van der Waals surface area contributed by atoms with Gasteiger partial charge in [-0.15, -0.1) is 0 Å². The Balaban J connectivity index is 2.35. The van der Waals surface area contributed by atoms with Gasteiger partial charge in [0.25, 0.3) is 0 Å². The third-order valence-electron chi connectivity index (χ3n) is 2.80. The molecular weight excluding hydrogens is 182 g/mol. The monoisotopic (exact) mass is 199 g/mol. The molecule has 0 saturated heterocycles. The van der Waals surface area contributed by atoms with Crippen molar-refractivity contribution in [2.24, 2.45) is 7.05 Å². The zero-order valence-corrected chi connectivity index (χ0v) is 9.40. The van der Waals surface area contributed by atoms with Crippen molar-refractivity contribution in [3.05, 3.63) is 48.2 Å². The quantitative estimate of drug-likeness (QED) is 0.664. The van der Waals surface area contributed by atoms with E-state index in [0.717, 1.165) is 12.8 Å². The number of allylic oxidation sites excluding steroid dienone is 2. The smallest absolute Gasteiger partial charge is 0.0480 e. The SMILES string of the molecule is CC=CCCc1cn(C)c2ccccc12. The van der Waals surface area contributed by atoms with E-state index in [0.29, 0.717) is 0 Å². The Morgan fingerprint density at radius 1 is 1.27 bits per heavy atom. The lowest BCUT2D eigenvalue weighted by Gasteiger charge is -1.95. The van der Waals surface area contributed by atoms with E-state index in [1.54, 1.807) is 0 Å². The number of aromatic nitrogens is 1. The summed E-state index contributed by atoms with van der Waals surface area (Å²) in [5.41, 5.74) is 2.78. The molecule has 1 aromatic carbocycles. The first kappa shape index (κ1) is 10.0. The maximum Gasteiger partial charge on any atom is 0.0480 e. The molecule has 0 aliphatic heterocycles. The number of rotatable bonds is 3. The number of hydrogen-bond acceptors (Lipinski definition) is 0. The first-order valence-corrected chi connectivity index (χ1v) is 5.47. The van der Waals surface area contributed by atoms with Crippen LogP contribution in [-0.2, 0) is 13.5 Å². The van der Waals surface area contributed by atoms with Gasteiger partial charge in [-0.2, -0.15) is 0 Å². The van der Waals surface area contributed by atoms with Crippen LogP contribution in [0.4, 0.5) is 0 Å². The van der Waals surface area contributed by atoms with Crippen LogP contribution in [0.15, 0.2) is 42.6 Å². The minimum atomic E-state index is 1.13. The topological polar surface area (TPSA) is 4.93 Å². The fourth-order valence-corrected chi connectivity index (χ4v) is 2.03. The van der Waals surface area contributed by atoms with Crippen LogP contribution in [0.25, 0.3) is 10.9 Å². The molecule has 0 aliphatic carbocycles. The second kappa shape index (κ2) is 4.35. The average Bonchev–Trinajstić information content (AvgIpc) is 2.58. The maximum atomic E-state index is 2.24. The molecule has 0 atom stereocenters. The molecule has 0 saturated carbocycles. The highest BCUT2D eigenvalue weighted by Crippen LogP contribution is 2.21. The van der Waals surface area contributed by atoms with Crippen LogP contribution in [0.1, 0.15) is 18.9 Å². The summed E-state index contributed by atoms with van der Waals surface area (Å²) in [5, 5.41) is 1.39. The van der Waals surface area contributed by atoms with Crippen molar-refractivity contribution in [3.8, 4) is 0 Å². The van der Waals surface area contributed by atoms with E-state index in [1.165, 1.54) is 16.5 Å². The molecular formula is C14H17N. The van der Waals surface area contributed by atoms with Gasteiger partial charge in [0.2, 0.25) is 0 Å². The van der Waals surface area contributed by atoms with E-state index in [-0.39, 0.29) is 0 Å². The van der Waals surface area contributed by atoms with E-state index in [2.05, 4.69) is 61.2 Å². The minimum Gasteiger partial charge on any atom is -0.350 e. The molecule has 1 aromatic heterocycles. The van der Waals surface area contributed by atoms with E-state index in [9.17, 15) is 0 Å². The fourth-order valence-electron chi connectivity index (χ4n) is 2.03. The molecule has 1 heterocycles. The van der Waals surface area contributed by atoms with Crippen LogP contribution in [0, 0.1) is 0 Å². The summed E-state index contributed by atoms with van der Waals surface area (Å²) in [7, 11) is 2.11.